The maximum atomic E-state index is 13.9. The van der Waals surface area contributed by atoms with E-state index in [4.69, 9.17) is 9.16 Å². The average Bonchev–Trinajstić information content (AvgIpc) is 2.37. The van der Waals surface area contributed by atoms with Crippen molar-refractivity contribution in [1.82, 2.24) is 0 Å². The number of ether oxygens (including phenoxy) is 1. The van der Waals surface area contributed by atoms with Gasteiger partial charge in [-0.05, 0) is 44.8 Å². The Balaban J connectivity index is 2.99. The standard InChI is InChI=1S/C15H21F2NO2Si/c1-6-9-19-14-8-7-13(16)15(17)12(14)10-18-11(2)20-21(3,4)5/h7-8,10H,2,6,9H2,1,3-5H3/b18-10+. The van der Waals surface area contributed by atoms with E-state index in [1.165, 1.54) is 12.3 Å². The topological polar surface area (TPSA) is 30.8 Å². The van der Waals surface area contributed by atoms with Crippen molar-refractivity contribution in [3.63, 3.8) is 0 Å². The summed E-state index contributed by atoms with van der Waals surface area (Å²) in [6, 6.07) is 2.42. The number of hydrogen-bond donors (Lipinski definition) is 0. The van der Waals surface area contributed by atoms with E-state index >= 15 is 0 Å². The summed E-state index contributed by atoms with van der Waals surface area (Å²) in [6.07, 6.45) is 1.95. The van der Waals surface area contributed by atoms with Crippen molar-refractivity contribution in [3.05, 3.63) is 41.8 Å². The third-order valence-corrected chi connectivity index (χ3v) is 3.16. The molecule has 0 heterocycles. The second-order valence-electron chi connectivity index (χ2n) is 5.49. The predicted molar refractivity (Wildman–Crippen MR) is 83.3 cm³/mol. The van der Waals surface area contributed by atoms with Gasteiger partial charge in [0.2, 0.25) is 8.32 Å². The van der Waals surface area contributed by atoms with Crippen LogP contribution in [-0.4, -0.2) is 21.1 Å². The molecule has 1 rings (SSSR count). The van der Waals surface area contributed by atoms with Gasteiger partial charge in [0, 0.05) is 6.21 Å². The molecule has 0 amide bonds. The Morgan fingerprint density at radius 1 is 1.33 bits per heavy atom. The highest BCUT2D eigenvalue weighted by atomic mass is 28.4. The van der Waals surface area contributed by atoms with Gasteiger partial charge in [-0.25, -0.2) is 13.8 Å². The summed E-state index contributed by atoms with van der Waals surface area (Å²) in [6.45, 7) is 11.9. The molecule has 0 unspecified atom stereocenters. The van der Waals surface area contributed by atoms with Crippen LogP contribution in [0, 0.1) is 11.6 Å². The second kappa shape index (κ2) is 7.35. The van der Waals surface area contributed by atoms with Crippen molar-refractivity contribution < 1.29 is 17.9 Å². The highest BCUT2D eigenvalue weighted by molar-refractivity contribution is 6.70. The molecule has 1 aromatic carbocycles. The summed E-state index contributed by atoms with van der Waals surface area (Å²) in [5, 5.41) is 0. The van der Waals surface area contributed by atoms with Crippen molar-refractivity contribution in [2.45, 2.75) is 33.0 Å². The van der Waals surface area contributed by atoms with Crippen molar-refractivity contribution >= 4 is 14.5 Å². The summed E-state index contributed by atoms with van der Waals surface area (Å²) in [4.78, 5) is 3.96. The predicted octanol–water partition coefficient (Wildman–Crippen LogP) is 4.50. The van der Waals surface area contributed by atoms with E-state index in [9.17, 15) is 8.78 Å². The van der Waals surface area contributed by atoms with Gasteiger partial charge in [-0.2, -0.15) is 0 Å². The maximum absolute atomic E-state index is 13.9. The summed E-state index contributed by atoms with van der Waals surface area (Å²) in [7, 11) is -1.83. The first-order valence-corrected chi connectivity index (χ1v) is 10.2. The summed E-state index contributed by atoms with van der Waals surface area (Å²) in [5.74, 6) is -1.51. The summed E-state index contributed by atoms with van der Waals surface area (Å²) in [5.41, 5.74) is -0.0382. The molecule has 116 valence electrons. The molecular weight excluding hydrogens is 292 g/mol. The molecule has 0 aliphatic rings. The smallest absolute Gasteiger partial charge is 0.244 e. The minimum Gasteiger partial charge on any atom is -0.532 e. The molecule has 0 radical (unpaired) electrons. The van der Waals surface area contributed by atoms with Gasteiger partial charge in [0.25, 0.3) is 0 Å². The van der Waals surface area contributed by atoms with Crippen molar-refractivity contribution in [2.24, 2.45) is 4.99 Å². The first-order chi connectivity index (χ1) is 9.74. The molecule has 3 nitrogen and oxygen atoms in total. The largest absolute Gasteiger partial charge is 0.532 e. The van der Waals surface area contributed by atoms with Crippen molar-refractivity contribution in [1.29, 1.82) is 0 Å². The van der Waals surface area contributed by atoms with Gasteiger partial charge in [-0.15, -0.1) is 0 Å². The van der Waals surface area contributed by atoms with E-state index in [2.05, 4.69) is 11.6 Å². The van der Waals surface area contributed by atoms with E-state index in [0.29, 0.717) is 6.61 Å². The lowest BCUT2D eigenvalue weighted by Gasteiger charge is -2.18. The van der Waals surface area contributed by atoms with E-state index in [1.807, 2.05) is 26.6 Å². The third kappa shape index (κ3) is 5.67. The normalized spacial score (nSPS) is 11.7. The Morgan fingerprint density at radius 2 is 2.00 bits per heavy atom. The number of benzene rings is 1. The molecule has 0 saturated carbocycles. The van der Waals surface area contributed by atoms with Gasteiger partial charge in [0.1, 0.15) is 5.75 Å². The number of nitrogens with zero attached hydrogens (tertiary/aromatic N) is 1. The molecule has 0 N–H and O–H groups in total. The Morgan fingerprint density at radius 3 is 2.57 bits per heavy atom. The molecule has 0 atom stereocenters. The fourth-order valence-corrected chi connectivity index (χ4v) is 2.28. The zero-order chi connectivity index (χ0) is 16.0. The van der Waals surface area contributed by atoms with Crippen LogP contribution in [0.5, 0.6) is 5.75 Å². The van der Waals surface area contributed by atoms with Gasteiger partial charge < -0.3 is 9.16 Å². The molecular formula is C15H21F2NO2Si. The molecule has 21 heavy (non-hydrogen) atoms. The lowest BCUT2D eigenvalue weighted by atomic mass is 10.2. The van der Waals surface area contributed by atoms with Crippen LogP contribution in [0.3, 0.4) is 0 Å². The van der Waals surface area contributed by atoms with Crippen LogP contribution in [0.4, 0.5) is 8.78 Å². The van der Waals surface area contributed by atoms with Crippen LogP contribution in [0.2, 0.25) is 19.6 Å². The maximum Gasteiger partial charge on any atom is 0.244 e. The van der Waals surface area contributed by atoms with Crippen LogP contribution in [0.25, 0.3) is 0 Å². The van der Waals surface area contributed by atoms with Crippen molar-refractivity contribution in [3.8, 4) is 5.75 Å². The average molecular weight is 313 g/mol. The monoisotopic (exact) mass is 313 g/mol. The van der Waals surface area contributed by atoms with Crippen LogP contribution in [0.1, 0.15) is 18.9 Å². The lowest BCUT2D eigenvalue weighted by Crippen LogP contribution is -2.24. The van der Waals surface area contributed by atoms with Crippen molar-refractivity contribution in [2.75, 3.05) is 6.61 Å². The molecule has 0 saturated heterocycles. The molecule has 0 bridgehead atoms. The summed E-state index contributed by atoms with van der Waals surface area (Å²) < 4.78 is 38.1. The van der Waals surface area contributed by atoms with Gasteiger partial charge >= 0.3 is 0 Å². The van der Waals surface area contributed by atoms with E-state index in [1.54, 1.807) is 0 Å². The Kier molecular flexibility index (Phi) is 6.08. The van der Waals surface area contributed by atoms with E-state index < -0.39 is 20.0 Å². The zero-order valence-electron chi connectivity index (χ0n) is 12.9. The Labute approximate surface area is 125 Å². The second-order valence-corrected chi connectivity index (χ2v) is 9.92. The SMILES string of the molecule is C=C(/N=C/c1c(OCCC)ccc(F)c1F)O[Si](C)(C)C. The highest BCUT2D eigenvalue weighted by Gasteiger charge is 2.17. The zero-order valence-corrected chi connectivity index (χ0v) is 13.9. The number of rotatable bonds is 7. The summed E-state index contributed by atoms with van der Waals surface area (Å²) >= 11 is 0. The minimum absolute atomic E-state index is 0.0382. The fraction of sp³-hybridized carbons (Fsp3) is 0.400. The Bertz CT molecular complexity index is 539. The minimum atomic E-state index is -1.83. The van der Waals surface area contributed by atoms with Crippen LogP contribution >= 0.6 is 0 Å². The van der Waals surface area contributed by atoms with Gasteiger partial charge in [-0.3, -0.25) is 0 Å². The molecule has 0 aromatic heterocycles. The first-order valence-electron chi connectivity index (χ1n) is 6.77. The molecule has 6 heteroatoms. The van der Waals surface area contributed by atoms with Crippen LogP contribution in [-0.2, 0) is 4.43 Å². The Hall–Kier alpha value is -1.69. The molecule has 0 fully saturated rings. The highest BCUT2D eigenvalue weighted by Crippen LogP contribution is 2.23. The molecule has 1 aromatic rings. The van der Waals surface area contributed by atoms with Gasteiger partial charge in [0.05, 0.1) is 12.2 Å². The molecule has 0 aliphatic carbocycles. The number of hydrogen-bond acceptors (Lipinski definition) is 3. The van der Waals surface area contributed by atoms with E-state index in [0.717, 1.165) is 12.5 Å². The van der Waals surface area contributed by atoms with Gasteiger partial charge in [-0.1, -0.05) is 6.92 Å². The quantitative estimate of drug-likeness (QED) is 0.422. The van der Waals surface area contributed by atoms with Crippen LogP contribution in [0.15, 0.2) is 29.6 Å². The third-order valence-electron chi connectivity index (χ3n) is 2.32. The van der Waals surface area contributed by atoms with Gasteiger partial charge in [0.15, 0.2) is 17.5 Å². The number of aliphatic imine (C=N–C) groups is 1. The molecule has 0 aliphatic heterocycles. The first kappa shape index (κ1) is 17.4. The fourth-order valence-electron chi connectivity index (χ4n) is 1.52. The van der Waals surface area contributed by atoms with Crippen LogP contribution < -0.4 is 4.74 Å². The number of halogens is 2. The van der Waals surface area contributed by atoms with E-state index in [-0.39, 0.29) is 17.2 Å². The molecule has 0 spiro atoms. The lowest BCUT2D eigenvalue weighted by molar-refractivity contribution is 0.314.